The molecule has 3 rings (SSSR count). The number of nitrogens with one attached hydrogen (secondary N) is 1. The fourth-order valence-corrected chi connectivity index (χ4v) is 2.55. The maximum absolute atomic E-state index is 11.3. The molecule has 17 heavy (non-hydrogen) atoms. The molecule has 1 aliphatic rings. The van der Waals surface area contributed by atoms with Crippen molar-refractivity contribution in [2.24, 2.45) is 0 Å². The Morgan fingerprint density at radius 1 is 1.24 bits per heavy atom. The molecule has 1 N–H and O–H groups in total. The van der Waals surface area contributed by atoms with Crippen LogP contribution in [0, 0.1) is 0 Å². The molecule has 3 heteroatoms. The number of aromatic amines is 1. The molecule has 0 saturated heterocycles. The zero-order valence-electron chi connectivity index (χ0n) is 9.52. The maximum Gasteiger partial charge on any atom is 0.264 e. The first-order valence-corrected chi connectivity index (χ1v) is 5.95. The second-order valence-electron chi connectivity index (χ2n) is 4.55. The monoisotopic (exact) mass is 226 g/mol. The van der Waals surface area contributed by atoms with Gasteiger partial charge in [-0.15, -0.1) is 0 Å². The summed E-state index contributed by atoms with van der Waals surface area (Å²) in [4.78, 5) is 11.3. The number of H-pyrrole nitrogens is 1. The number of benzene rings is 1. The molecule has 0 amide bonds. The summed E-state index contributed by atoms with van der Waals surface area (Å²) in [7, 11) is 0. The van der Waals surface area contributed by atoms with Crippen LogP contribution in [0.15, 0.2) is 41.2 Å². The van der Waals surface area contributed by atoms with Crippen LogP contribution >= 0.6 is 0 Å². The highest BCUT2D eigenvalue weighted by atomic mass is 16.1. The van der Waals surface area contributed by atoms with Gasteiger partial charge in [0.2, 0.25) is 0 Å². The minimum atomic E-state index is -0.0996. The zero-order chi connectivity index (χ0) is 11.7. The van der Waals surface area contributed by atoms with Crippen LogP contribution in [-0.2, 0) is 12.8 Å². The molecule has 1 aromatic heterocycles. The van der Waals surface area contributed by atoms with E-state index in [1.807, 2.05) is 6.07 Å². The Balaban J connectivity index is 1.92. The predicted octanol–water partition coefficient (Wildman–Crippen LogP) is 2.04. The van der Waals surface area contributed by atoms with Crippen molar-refractivity contribution in [3.05, 3.63) is 63.6 Å². The minimum absolute atomic E-state index is 0.0996. The number of rotatable bonds is 1. The molecule has 1 aromatic carbocycles. The van der Waals surface area contributed by atoms with Gasteiger partial charge in [-0.1, -0.05) is 30.3 Å². The van der Waals surface area contributed by atoms with Gasteiger partial charge in [-0.2, -0.15) is 5.10 Å². The summed E-state index contributed by atoms with van der Waals surface area (Å²) in [5.41, 5.74) is 3.42. The predicted molar refractivity (Wildman–Crippen MR) is 66.1 cm³/mol. The third-order valence-corrected chi connectivity index (χ3v) is 3.44. The molecule has 1 aliphatic carbocycles. The largest absolute Gasteiger partial charge is 0.268 e. The summed E-state index contributed by atoms with van der Waals surface area (Å²) in [5, 5.41) is 6.62. The van der Waals surface area contributed by atoms with E-state index in [1.165, 1.54) is 5.56 Å². The second-order valence-corrected chi connectivity index (χ2v) is 4.55. The van der Waals surface area contributed by atoms with E-state index in [-0.39, 0.29) is 5.56 Å². The van der Waals surface area contributed by atoms with E-state index in [2.05, 4.69) is 34.5 Å². The van der Waals surface area contributed by atoms with Crippen molar-refractivity contribution >= 4 is 0 Å². The smallest absolute Gasteiger partial charge is 0.264 e. The van der Waals surface area contributed by atoms with Crippen LogP contribution in [0.3, 0.4) is 0 Å². The van der Waals surface area contributed by atoms with E-state index in [9.17, 15) is 4.79 Å². The fourth-order valence-electron chi connectivity index (χ4n) is 2.55. The van der Waals surface area contributed by atoms with E-state index < -0.39 is 0 Å². The lowest BCUT2D eigenvalue weighted by Gasteiger charge is -2.23. The third-order valence-electron chi connectivity index (χ3n) is 3.44. The van der Waals surface area contributed by atoms with Crippen molar-refractivity contribution in [3.63, 3.8) is 0 Å². The van der Waals surface area contributed by atoms with E-state index >= 15 is 0 Å². The van der Waals surface area contributed by atoms with Crippen LogP contribution in [0.5, 0.6) is 0 Å². The van der Waals surface area contributed by atoms with Crippen molar-refractivity contribution in [3.8, 4) is 0 Å². The molecule has 86 valence electrons. The number of aromatic nitrogens is 2. The van der Waals surface area contributed by atoms with E-state index in [4.69, 9.17) is 0 Å². The Bertz CT molecular complexity index is 574. The van der Waals surface area contributed by atoms with Gasteiger partial charge < -0.3 is 0 Å². The lowest BCUT2D eigenvalue weighted by atomic mass is 9.82. The van der Waals surface area contributed by atoms with Gasteiger partial charge in [0, 0.05) is 6.07 Å². The second kappa shape index (κ2) is 4.17. The van der Waals surface area contributed by atoms with Crippen LogP contribution in [0.25, 0.3) is 0 Å². The van der Waals surface area contributed by atoms with Crippen molar-refractivity contribution in [2.75, 3.05) is 0 Å². The van der Waals surface area contributed by atoms with Crippen LogP contribution in [0.2, 0.25) is 0 Å². The SMILES string of the molecule is O=c1cc2c(n[nH]1)CCC(c1ccccc1)C2. The number of hydrogen-bond donors (Lipinski definition) is 1. The molecule has 2 aromatic rings. The number of hydrogen-bond acceptors (Lipinski definition) is 2. The molecule has 1 unspecified atom stereocenters. The lowest BCUT2D eigenvalue weighted by Crippen LogP contribution is -2.19. The molecule has 0 radical (unpaired) electrons. The van der Waals surface area contributed by atoms with Crippen LogP contribution in [0.4, 0.5) is 0 Å². The van der Waals surface area contributed by atoms with E-state index in [0.717, 1.165) is 30.5 Å². The molecule has 3 nitrogen and oxygen atoms in total. The Hall–Kier alpha value is -1.90. The Morgan fingerprint density at radius 2 is 2.06 bits per heavy atom. The van der Waals surface area contributed by atoms with Crippen molar-refractivity contribution < 1.29 is 0 Å². The van der Waals surface area contributed by atoms with Gasteiger partial charge in [0.05, 0.1) is 5.69 Å². The molecule has 1 heterocycles. The van der Waals surface area contributed by atoms with Crippen molar-refractivity contribution in [1.29, 1.82) is 0 Å². The zero-order valence-corrected chi connectivity index (χ0v) is 9.52. The normalized spacial score (nSPS) is 18.7. The van der Waals surface area contributed by atoms with Crippen LogP contribution < -0.4 is 5.56 Å². The quantitative estimate of drug-likeness (QED) is 0.808. The first-order valence-electron chi connectivity index (χ1n) is 5.95. The third kappa shape index (κ3) is 2.00. The average Bonchev–Trinajstić information content (AvgIpc) is 2.39. The van der Waals surface area contributed by atoms with Crippen LogP contribution in [0.1, 0.15) is 29.2 Å². The minimum Gasteiger partial charge on any atom is -0.268 e. The first kappa shape index (κ1) is 10.3. The lowest BCUT2D eigenvalue weighted by molar-refractivity contribution is 0.566. The molecular formula is C14H14N2O. The maximum atomic E-state index is 11.3. The number of aryl methyl sites for hydroxylation is 1. The Labute approximate surface area is 99.5 Å². The highest BCUT2D eigenvalue weighted by molar-refractivity contribution is 5.28. The average molecular weight is 226 g/mol. The molecule has 1 atom stereocenters. The summed E-state index contributed by atoms with van der Waals surface area (Å²) in [6.45, 7) is 0. The fraction of sp³-hybridized carbons (Fsp3) is 0.286. The topological polar surface area (TPSA) is 45.8 Å². The van der Waals surface area contributed by atoms with Crippen molar-refractivity contribution in [2.45, 2.75) is 25.2 Å². The standard InChI is InChI=1S/C14H14N2O/c17-14-9-12-8-11(6-7-13(12)15-16-14)10-4-2-1-3-5-10/h1-5,9,11H,6-8H2,(H,16,17). The summed E-state index contributed by atoms with van der Waals surface area (Å²) < 4.78 is 0. The van der Waals surface area contributed by atoms with Gasteiger partial charge in [0.1, 0.15) is 0 Å². The van der Waals surface area contributed by atoms with Crippen molar-refractivity contribution in [1.82, 2.24) is 10.2 Å². The molecule has 0 bridgehead atoms. The summed E-state index contributed by atoms with van der Waals surface area (Å²) in [5.74, 6) is 0.521. The highest BCUT2D eigenvalue weighted by Crippen LogP contribution is 2.30. The number of fused-ring (bicyclic) bond motifs is 1. The summed E-state index contributed by atoms with van der Waals surface area (Å²) in [6.07, 6.45) is 2.98. The van der Waals surface area contributed by atoms with E-state index in [0.29, 0.717) is 5.92 Å². The van der Waals surface area contributed by atoms with Crippen LogP contribution in [-0.4, -0.2) is 10.2 Å². The summed E-state index contributed by atoms with van der Waals surface area (Å²) in [6, 6.07) is 12.2. The first-order chi connectivity index (χ1) is 8.33. The van der Waals surface area contributed by atoms with Gasteiger partial charge in [0.25, 0.3) is 5.56 Å². The van der Waals surface area contributed by atoms with Gasteiger partial charge in [0.15, 0.2) is 0 Å². The Morgan fingerprint density at radius 3 is 2.88 bits per heavy atom. The van der Waals surface area contributed by atoms with Gasteiger partial charge in [-0.3, -0.25) is 4.79 Å². The molecule has 0 saturated carbocycles. The Kier molecular flexibility index (Phi) is 2.52. The van der Waals surface area contributed by atoms with Gasteiger partial charge in [-0.25, -0.2) is 5.10 Å². The number of nitrogens with zero attached hydrogens (tertiary/aromatic N) is 1. The van der Waals surface area contributed by atoms with Gasteiger partial charge in [-0.05, 0) is 36.3 Å². The van der Waals surface area contributed by atoms with E-state index in [1.54, 1.807) is 6.07 Å². The van der Waals surface area contributed by atoms with Gasteiger partial charge >= 0.3 is 0 Å². The highest BCUT2D eigenvalue weighted by Gasteiger charge is 2.21. The summed E-state index contributed by atoms with van der Waals surface area (Å²) >= 11 is 0. The molecule has 0 aliphatic heterocycles. The molecular weight excluding hydrogens is 212 g/mol. The molecule has 0 fully saturated rings. The molecule has 0 spiro atoms.